The molecule has 0 amide bonds. The van der Waals surface area contributed by atoms with Crippen molar-refractivity contribution in [3.8, 4) is 11.4 Å². The predicted octanol–water partition coefficient (Wildman–Crippen LogP) is 1.83. The molecule has 2 N–H and O–H groups in total. The average Bonchev–Trinajstić information content (AvgIpc) is 2.48. The van der Waals surface area contributed by atoms with E-state index in [-0.39, 0.29) is 0 Å². The van der Waals surface area contributed by atoms with Gasteiger partial charge in [-0.25, -0.2) is 4.68 Å². The van der Waals surface area contributed by atoms with Crippen molar-refractivity contribution in [3.05, 3.63) is 28.7 Å². The number of aromatic nitrogens is 3. The van der Waals surface area contributed by atoms with E-state index in [0.29, 0.717) is 11.8 Å². The Bertz CT molecular complexity index is 444. The Morgan fingerprint density at radius 3 is 2.64 bits per heavy atom. The lowest BCUT2D eigenvalue weighted by Crippen LogP contribution is -1.97. The van der Waals surface area contributed by atoms with E-state index < -0.39 is 0 Å². The summed E-state index contributed by atoms with van der Waals surface area (Å²) in [6.45, 7) is 0. The second-order valence-electron chi connectivity index (χ2n) is 2.90. The maximum absolute atomic E-state index is 5.60. The summed E-state index contributed by atoms with van der Waals surface area (Å²) in [4.78, 5) is 4.14. The van der Waals surface area contributed by atoms with Crippen molar-refractivity contribution in [1.29, 1.82) is 0 Å². The third-order valence-electron chi connectivity index (χ3n) is 1.91. The summed E-state index contributed by atoms with van der Waals surface area (Å²) in [6, 6.07) is 7.77. The maximum Gasteiger partial charge on any atom is 0.218 e. The third kappa shape index (κ3) is 1.50. The SMILES string of the molecule is Cn1nc(-c2ccccc2Br)nc1N. The first kappa shape index (κ1) is 9.21. The number of nitrogens with zero attached hydrogens (tertiary/aromatic N) is 3. The van der Waals surface area contributed by atoms with Crippen LogP contribution < -0.4 is 5.73 Å². The molecule has 5 heteroatoms. The molecule has 1 heterocycles. The van der Waals surface area contributed by atoms with Gasteiger partial charge in [-0.2, -0.15) is 4.98 Å². The van der Waals surface area contributed by atoms with Crippen LogP contribution in [0.1, 0.15) is 0 Å². The quantitative estimate of drug-likeness (QED) is 0.843. The fraction of sp³-hybridized carbons (Fsp3) is 0.111. The number of rotatable bonds is 1. The van der Waals surface area contributed by atoms with Gasteiger partial charge in [0.05, 0.1) is 0 Å². The second-order valence-corrected chi connectivity index (χ2v) is 3.75. The molecule has 1 aromatic carbocycles. The fourth-order valence-corrected chi connectivity index (χ4v) is 1.62. The third-order valence-corrected chi connectivity index (χ3v) is 2.60. The number of hydrogen-bond donors (Lipinski definition) is 1. The highest BCUT2D eigenvalue weighted by molar-refractivity contribution is 9.10. The van der Waals surface area contributed by atoms with Crippen LogP contribution in [0.4, 0.5) is 5.95 Å². The van der Waals surface area contributed by atoms with Crippen LogP contribution in [-0.2, 0) is 7.05 Å². The molecule has 0 saturated heterocycles. The first-order valence-electron chi connectivity index (χ1n) is 4.10. The van der Waals surface area contributed by atoms with Gasteiger partial charge in [-0.15, -0.1) is 5.10 Å². The van der Waals surface area contributed by atoms with Gasteiger partial charge < -0.3 is 5.73 Å². The summed E-state index contributed by atoms with van der Waals surface area (Å²) < 4.78 is 2.51. The molecule has 0 spiro atoms. The molecule has 0 unspecified atom stereocenters. The summed E-state index contributed by atoms with van der Waals surface area (Å²) >= 11 is 3.44. The molecule has 0 aliphatic rings. The van der Waals surface area contributed by atoms with Gasteiger partial charge >= 0.3 is 0 Å². The van der Waals surface area contributed by atoms with E-state index in [4.69, 9.17) is 5.73 Å². The highest BCUT2D eigenvalue weighted by Gasteiger charge is 2.08. The molecular weight excluding hydrogens is 244 g/mol. The van der Waals surface area contributed by atoms with Crippen molar-refractivity contribution in [2.75, 3.05) is 5.73 Å². The number of benzene rings is 1. The van der Waals surface area contributed by atoms with Gasteiger partial charge in [0.2, 0.25) is 5.95 Å². The zero-order chi connectivity index (χ0) is 10.1. The highest BCUT2D eigenvalue weighted by Crippen LogP contribution is 2.25. The second kappa shape index (κ2) is 3.42. The Balaban J connectivity index is 2.55. The Labute approximate surface area is 89.9 Å². The number of halogens is 1. The van der Waals surface area contributed by atoms with E-state index in [2.05, 4.69) is 26.0 Å². The Morgan fingerprint density at radius 1 is 1.36 bits per heavy atom. The van der Waals surface area contributed by atoms with Crippen LogP contribution >= 0.6 is 15.9 Å². The number of hydrogen-bond acceptors (Lipinski definition) is 3. The van der Waals surface area contributed by atoms with Crippen LogP contribution in [0.25, 0.3) is 11.4 Å². The molecule has 0 atom stereocenters. The Hall–Kier alpha value is -1.36. The molecule has 0 bridgehead atoms. The minimum atomic E-state index is 0.413. The fourth-order valence-electron chi connectivity index (χ4n) is 1.15. The van der Waals surface area contributed by atoms with Crippen LogP contribution in [0.15, 0.2) is 28.7 Å². The van der Waals surface area contributed by atoms with Gasteiger partial charge in [0.1, 0.15) is 0 Å². The van der Waals surface area contributed by atoms with Crippen LogP contribution in [0, 0.1) is 0 Å². The summed E-state index contributed by atoms with van der Waals surface area (Å²) in [5.74, 6) is 1.05. The van der Waals surface area contributed by atoms with Gasteiger partial charge in [-0.1, -0.05) is 28.1 Å². The van der Waals surface area contributed by atoms with Gasteiger partial charge in [-0.3, -0.25) is 0 Å². The largest absolute Gasteiger partial charge is 0.368 e. The molecule has 0 fully saturated rings. The van der Waals surface area contributed by atoms with E-state index in [1.165, 1.54) is 0 Å². The van der Waals surface area contributed by atoms with Crippen LogP contribution in [0.5, 0.6) is 0 Å². The molecule has 1 aromatic heterocycles. The van der Waals surface area contributed by atoms with Crippen molar-refractivity contribution in [1.82, 2.24) is 14.8 Å². The molecule has 0 radical (unpaired) electrons. The monoisotopic (exact) mass is 252 g/mol. The number of aryl methyl sites for hydroxylation is 1. The number of nitrogen functional groups attached to an aromatic ring is 1. The Kier molecular flexibility index (Phi) is 2.25. The maximum atomic E-state index is 5.60. The zero-order valence-corrected chi connectivity index (χ0v) is 9.19. The van der Waals surface area contributed by atoms with E-state index in [9.17, 15) is 0 Å². The first-order chi connectivity index (χ1) is 6.68. The average molecular weight is 253 g/mol. The summed E-state index contributed by atoms with van der Waals surface area (Å²) in [7, 11) is 1.77. The van der Waals surface area contributed by atoms with E-state index in [1.54, 1.807) is 11.7 Å². The van der Waals surface area contributed by atoms with Gasteiger partial charge in [0.25, 0.3) is 0 Å². The topological polar surface area (TPSA) is 56.7 Å². The van der Waals surface area contributed by atoms with Crippen LogP contribution in [-0.4, -0.2) is 14.8 Å². The van der Waals surface area contributed by atoms with Crippen molar-refractivity contribution in [2.45, 2.75) is 0 Å². The van der Waals surface area contributed by atoms with E-state index in [0.717, 1.165) is 10.0 Å². The van der Waals surface area contributed by atoms with Crippen LogP contribution in [0.2, 0.25) is 0 Å². The summed E-state index contributed by atoms with van der Waals surface area (Å²) in [5.41, 5.74) is 6.55. The van der Waals surface area contributed by atoms with Crippen molar-refractivity contribution < 1.29 is 0 Å². The van der Waals surface area contributed by atoms with Crippen LogP contribution in [0.3, 0.4) is 0 Å². The molecule has 0 saturated carbocycles. The Morgan fingerprint density at radius 2 is 2.07 bits per heavy atom. The van der Waals surface area contributed by atoms with Crippen molar-refractivity contribution in [2.24, 2.45) is 7.05 Å². The predicted molar refractivity (Wildman–Crippen MR) is 58.6 cm³/mol. The number of nitrogens with two attached hydrogens (primary N) is 1. The first-order valence-corrected chi connectivity index (χ1v) is 4.89. The molecule has 2 rings (SSSR count). The van der Waals surface area contributed by atoms with E-state index in [1.807, 2.05) is 24.3 Å². The normalized spacial score (nSPS) is 10.4. The smallest absolute Gasteiger partial charge is 0.218 e. The summed E-state index contributed by atoms with van der Waals surface area (Å²) in [6.07, 6.45) is 0. The number of anilines is 1. The molecule has 14 heavy (non-hydrogen) atoms. The zero-order valence-electron chi connectivity index (χ0n) is 7.61. The van der Waals surface area contributed by atoms with Gasteiger partial charge in [0, 0.05) is 17.1 Å². The van der Waals surface area contributed by atoms with Gasteiger partial charge in [0.15, 0.2) is 5.82 Å². The molecule has 72 valence electrons. The molecule has 2 aromatic rings. The lowest BCUT2D eigenvalue weighted by molar-refractivity contribution is 0.781. The molecule has 4 nitrogen and oxygen atoms in total. The minimum absolute atomic E-state index is 0.413. The molecular formula is C9H9BrN4. The van der Waals surface area contributed by atoms with Gasteiger partial charge in [-0.05, 0) is 12.1 Å². The highest BCUT2D eigenvalue weighted by atomic mass is 79.9. The standard InChI is InChI=1S/C9H9BrN4/c1-14-9(11)12-8(13-14)6-4-2-3-5-7(6)10/h2-5H,1H3,(H2,11,12,13). The van der Waals surface area contributed by atoms with Crippen molar-refractivity contribution >= 4 is 21.9 Å². The lowest BCUT2D eigenvalue weighted by Gasteiger charge is -1.97. The summed E-state index contributed by atoms with van der Waals surface area (Å²) in [5, 5.41) is 4.19. The molecule has 0 aliphatic heterocycles. The minimum Gasteiger partial charge on any atom is -0.368 e. The lowest BCUT2D eigenvalue weighted by atomic mass is 10.2. The van der Waals surface area contributed by atoms with E-state index >= 15 is 0 Å². The van der Waals surface area contributed by atoms with Crippen molar-refractivity contribution in [3.63, 3.8) is 0 Å². The molecule has 0 aliphatic carbocycles.